The van der Waals surface area contributed by atoms with E-state index in [1.807, 2.05) is 27.1 Å². The van der Waals surface area contributed by atoms with Crippen LogP contribution in [-0.4, -0.2) is 21.5 Å². The number of hydrogen-bond acceptors (Lipinski definition) is 3. The highest BCUT2D eigenvalue weighted by Gasteiger charge is 2.22. The molecule has 0 saturated carbocycles. The van der Waals surface area contributed by atoms with Crippen molar-refractivity contribution in [2.24, 2.45) is 13.0 Å². The van der Waals surface area contributed by atoms with E-state index in [0.29, 0.717) is 0 Å². The molecule has 128 valence electrons. The number of nitrogens with one attached hydrogen (secondary N) is 1. The van der Waals surface area contributed by atoms with Gasteiger partial charge in [-0.15, -0.1) is 0 Å². The minimum atomic E-state index is -0.561. The molecular formula is C18H22FN3O2. The number of aromatic nitrogens is 2. The summed E-state index contributed by atoms with van der Waals surface area (Å²) in [5, 5.41) is 7.13. The molecule has 0 saturated heterocycles. The Morgan fingerprint density at radius 1 is 1.29 bits per heavy atom. The molecule has 2 aromatic rings. The van der Waals surface area contributed by atoms with Crippen LogP contribution in [-0.2, 0) is 11.8 Å². The van der Waals surface area contributed by atoms with Gasteiger partial charge in [0.15, 0.2) is 5.78 Å². The molecule has 1 aromatic carbocycles. The van der Waals surface area contributed by atoms with E-state index in [2.05, 4.69) is 10.4 Å². The van der Waals surface area contributed by atoms with Crippen LogP contribution in [0, 0.1) is 18.7 Å². The Balaban J connectivity index is 1.98. The van der Waals surface area contributed by atoms with Crippen molar-refractivity contribution in [3.8, 4) is 0 Å². The molecular weight excluding hydrogens is 309 g/mol. The van der Waals surface area contributed by atoms with Crippen molar-refractivity contribution in [3.05, 3.63) is 53.1 Å². The third kappa shape index (κ3) is 4.07. The quantitative estimate of drug-likeness (QED) is 0.828. The molecule has 2 atom stereocenters. The highest BCUT2D eigenvalue weighted by Crippen LogP contribution is 2.18. The normalized spacial score (nSPS) is 13.4. The summed E-state index contributed by atoms with van der Waals surface area (Å²) in [6, 6.07) is 5.60. The van der Waals surface area contributed by atoms with E-state index in [1.165, 1.54) is 18.2 Å². The summed E-state index contributed by atoms with van der Waals surface area (Å²) in [5.74, 6) is -1.72. The molecule has 2 rings (SSSR count). The lowest BCUT2D eigenvalue weighted by Crippen LogP contribution is -2.32. The lowest BCUT2D eigenvalue weighted by Gasteiger charge is -2.17. The van der Waals surface area contributed by atoms with Gasteiger partial charge >= 0.3 is 0 Å². The van der Waals surface area contributed by atoms with Crippen molar-refractivity contribution in [2.75, 3.05) is 0 Å². The molecule has 0 aliphatic heterocycles. The van der Waals surface area contributed by atoms with Crippen LogP contribution in [0.1, 0.15) is 47.9 Å². The van der Waals surface area contributed by atoms with Gasteiger partial charge in [-0.05, 0) is 26.0 Å². The topological polar surface area (TPSA) is 64.0 Å². The summed E-state index contributed by atoms with van der Waals surface area (Å²) in [7, 11) is 1.82. The number of Topliss-reactive ketones (excluding diaryl/α,β-unsaturated/α-hetero) is 1. The number of ketones is 1. The van der Waals surface area contributed by atoms with Crippen molar-refractivity contribution in [2.45, 2.75) is 33.2 Å². The average molecular weight is 331 g/mol. The third-order valence-corrected chi connectivity index (χ3v) is 3.99. The second kappa shape index (κ2) is 7.38. The van der Waals surface area contributed by atoms with Crippen LogP contribution in [0.3, 0.4) is 0 Å². The Morgan fingerprint density at radius 2 is 1.96 bits per heavy atom. The number of rotatable bonds is 6. The van der Waals surface area contributed by atoms with Gasteiger partial charge in [-0.25, -0.2) is 4.39 Å². The Kier molecular flexibility index (Phi) is 5.49. The van der Waals surface area contributed by atoms with Gasteiger partial charge in [0.25, 0.3) is 0 Å². The first-order chi connectivity index (χ1) is 11.3. The zero-order valence-electron chi connectivity index (χ0n) is 14.3. The first-order valence-corrected chi connectivity index (χ1v) is 7.87. The van der Waals surface area contributed by atoms with Crippen molar-refractivity contribution in [1.82, 2.24) is 15.1 Å². The van der Waals surface area contributed by atoms with E-state index in [4.69, 9.17) is 0 Å². The van der Waals surface area contributed by atoms with Crippen molar-refractivity contribution >= 4 is 11.7 Å². The fourth-order valence-electron chi connectivity index (χ4n) is 2.64. The summed E-state index contributed by atoms with van der Waals surface area (Å²) in [4.78, 5) is 24.5. The summed E-state index contributed by atoms with van der Waals surface area (Å²) in [5.41, 5.74) is 1.80. The lowest BCUT2D eigenvalue weighted by molar-refractivity contribution is -0.125. The van der Waals surface area contributed by atoms with Crippen LogP contribution in [0.5, 0.6) is 0 Å². The van der Waals surface area contributed by atoms with Crippen LogP contribution in [0.2, 0.25) is 0 Å². The largest absolute Gasteiger partial charge is 0.349 e. The molecule has 0 fully saturated rings. The molecule has 0 unspecified atom stereocenters. The molecule has 0 aliphatic carbocycles. The van der Waals surface area contributed by atoms with Gasteiger partial charge in [0.05, 0.1) is 17.3 Å². The Morgan fingerprint density at radius 3 is 2.54 bits per heavy atom. The van der Waals surface area contributed by atoms with Gasteiger partial charge in [-0.2, -0.15) is 5.10 Å². The predicted molar refractivity (Wildman–Crippen MR) is 89.0 cm³/mol. The van der Waals surface area contributed by atoms with Crippen LogP contribution in [0.25, 0.3) is 0 Å². The van der Waals surface area contributed by atoms with Crippen LogP contribution in [0.15, 0.2) is 30.5 Å². The van der Waals surface area contributed by atoms with E-state index >= 15 is 0 Å². The number of carbonyl (C=O) groups excluding carboxylic acids is 2. The van der Waals surface area contributed by atoms with Crippen molar-refractivity contribution < 1.29 is 14.0 Å². The zero-order valence-corrected chi connectivity index (χ0v) is 14.3. The molecule has 24 heavy (non-hydrogen) atoms. The fourth-order valence-corrected chi connectivity index (χ4v) is 2.64. The Bertz CT molecular complexity index is 754. The number of hydrogen-bond donors (Lipinski definition) is 1. The van der Waals surface area contributed by atoms with Gasteiger partial charge in [-0.1, -0.05) is 19.1 Å². The standard InChI is InChI=1S/C18H22FN3O2/c1-11(9-17(23)14-7-5-6-8-16(14)19)18(24)20-12(2)15-10-22(4)21-13(15)3/h5-8,10-12H,9H2,1-4H3,(H,20,24)/t11-,12+/m0/s1. The number of carbonyl (C=O) groups is 2. The number of aryl methyl sites for hydroxylation is 2. The monoisotopic (exact) mass is 331 g/mol. The highest BCUT2D eigenvalue weighted by molar-refractivity contribution is 5.98. The third-order valence-electron chi connectivity index (χ3n) is 3.99. The van der Waals surface area contributed by atoms with Crippen LogP contribution < -0.4 is 5.32 Å². The van der Waals surface area contributed by atoms with E-state index < -0.39 is 11.7 Å². The van der Waals surface area contributed by atoms with E-state index in [-0.39, 0.29) is 29.7 Å². The first-order valence-electron chi connectivity index (χ1n) is 7.87. The summed E-state index contributed by atoms with van der Waals surface area (Å²) < 4.78 is 15.3. The van der Waals surface area contributed by atoms with Gasteiger partial charge in [0.1, 0.15) is 5.82 Å². The molecule has 1 N–H and O–H groups in total. The highest BCUT2D eigenvalue weighted by atomic mass is 19.1. The maximum Gasteiger partial charge on any atom is 0.223 e. The molecule has 1 heterocycles. The second-order valence-electron chi connectivity index (χ2n) is 6.08. The number of halogens is 1. The minimum absolute atomic E-state index is 0.0216. The molecule has 1 aromatic heterocycles. The minimum Gasteiger partial charge on any atom is -0.349 e. The molecule has 1 amide bonds. The molecule has 5 nitrogen and oxygen atoms in total. The average Bonchev–Trinajstić information content (AvgIpc) is 2.86. The van der Waals surface area contributed by atoms with E-state index in [0.717, 1.165) is 11.3 Å². The Hall–Kier alpha value is -2.50. The summed E-state index contributed by atoms with van der Waals surface area (Å²) >= 11 is 0. The fraction of sp³-hybridized carbons (Fsp3) is 0.389. The van der Waals surface area contributed by atoms with Crippen molar-refractivity contribution in [1.29, 1.82) is 0 Å². The van der Waals surface area contributed by atoms with E-state index in [1.54, 1.807) is 17.7 Å². The maximum atomic E-state index is 13.6. The van der Waals surface area contributed by atoms with Crippen LogP contribution in [0.4, 0.5) is 4.39 Å². The van der Waals surface area contributed by atoms with E-state index in [9.17, 15) is 14.0 Å². The molecule has 0 spiro atoms. The van der Waals surface area contributed by atoms with Crippen LogP contribution >= 0.6 is 0 Å². The van der Waals surface area contributed by atoms with Gasteiger partial charge in [0, 0.05) is 31.1 Å². The smallest absolute Gasteiger partial charge is 0.223 e. The summed E-state index contributed by atoms with van der Waals surface area (Å²) in [6.07, 6.45) is 1.82. The number of benzene rings is 1. The predicted octanol–water partition coefficient (Wildman–Crippen LogP) is 2.95. The molecule has 0 radical (unpaired) electrons. The zero-order chi connectivity index (χ0) is 17.9. The maximum absolute atomic E-state index is 13.6. The lowest BCUT2D eigenvalue weighted by atomic mass is 9.98. The number of amides is 1. The summed E-state index contributed by atoms with van der Waals surface area (Å²) in [6.45, 7) is 5.41. The SMILES string of the molecule is Cc1nn(C)cc1[C@@H](C)NC(=O)[C@@H](C)CC(=O)c1ccccc1F. The molecule has 6 heteroatoms. The molecule has 0 bridgehead atoms. The molecule has 0 aliphatic rings. The van der Waals surface area contributed by atoms with Gasteiger partial charge in [0.2, 0.25) is 5.91 Å². The van der Waals surface area contributed by atoms with Gasteiger partial charge < -0.3 is 5.32 Å². The number of nitrogens with zero attached hydrogens (tertiary/aromatic N) is 2. The Labute approximate surface area is 140 Å². The second-order valence-corrected chi connectivity index (χ2v) is 6.08. The van der Waals surface area contributed by atoms with Gasteiger partial charge in [-0.3, -0.25) is 14.3 Å². The van der Waals surface area contributed by atoms with Crippen molar-refractivity contribution in [3.63, 3.8) is 0 Å². The first kappa shape index (κ1) is 17.8.